The highest BCUT2D eigenvalue weighted by atomic mass is 16.5. The fourth-order valence-corrected chi connectivity index (χ4v) is 3.52. The van der Waals surface area contributed by atoms with E-state index in [1.54, 1.807) is 6.92 Å². The number of carbonyl (C=O) groups is 1. The van der Waals surface area contributed by atoms with Crippen molar-refractivity contribution in [3.63, 3.8) is 0 Å². The average Bonchev–Trinajstić information content (AvgIpc) is 2.78. The Balaban J connectivity index is 1.61. The van der Waals surface area contributed by atoms with E-state index in [0.717, 1.165) is 44.2 Å². The molecule has 0 radical (unpaired) electrons. The van der Waals surface area contributed by atoms with Crippen LogP contribution < -0.4 is 5.32 Å². The van der Waals surface area contributed by atoms with Crippen molar-refractivity contribution >= 4 is 11.9 Å². The maximum Gasteiger partial charge on any atom is 0.219 e. The molecule has 1 aliphatic rings. The van der Waals surface area contributed by atoms with Crippen LogP contribution in [0.25, 0.3) is 0 Å². The van der Waals surface area contributed by atoms with E-state index in [4.69, 9.17) is 9.73 Å². The molecular formula is C24H32N4O2. The number of ether oxygens (including phenoxy) is 1. The van der Waals surface area contributed by atoms with Crippen LogP contribution in [-0.2, 0) is 29.3 Å². The Bertz CT molecular complexity index is 830. The smallest absolute Gasteiger partial charge is 0.219 e. The van der Waals surface area contributed by atoms with E-state index in [9.17, 15) is 4.79 Å². The van der Waals surface area contributed by atoms with E-state index in [0.29, 0.717) is 19.8 Å². The van der Waals surface area contributed by atoms with Crippen molar-refractivity contribution in [3.05, 3.63) is 71.3 Å². The highest BCUT2D eigenvalue weighted by Gasteiger charge is 2.20. The molecule has 160 valence electrons. The SMILES string of the molecule is CCNC(=NCc1ccccc1COCc1ccccc1)N1CCN(C(C)=O)CC1. The summed E-state index contributed by atoms with van der Waals surface area (Å²) in [6, 6.07) is 18.5. The van der Waals surface area contributed by atoms with E-state index in [-0.39, 0.29) is 5.91 Å². The number of carbonyl (C=O) groups excluding carboxylic acids is 1. The van der Waals surface area contributed by atoms with Gasteiger partial charge >= 0.3 is 0 Å². The lowest BCUT2D eigenvalue weighted by atomic mass is 10.1. The number of nitrogens with one attached hydrogen (secondary N) is 1. The number of amides is 1. The second-order valence-electron chi connectivity index (χ2n) is 7.41. The number of guanidine groups is 1. The van der Waals surface area contributed by atoms with Crippen molar-refractivity contribution in [3.8, 4) is 0 Å². The van der Waals surface area contributed by atoms with E-state index in [1.165, 1.54) is 11.1 Å². The van der Waals surface area contributed by atoms with Gasteiger partial charge in [-0.3, -0.25) is 4.79 Å². The second kappa shape index (κ2) is 11.4. The van der Waals surface area contributed by atoms with Crippen molar-refractivity contribution in [2.45, 2.75) is 33.6 Å². The summed E-state index contributed by atoms with van der Waals surface area (Å²) in [5, 5.41) is 3.39. The Morgan fingerprint density at radius 1 is 0.933 bits per heavy atom. The molecule has 1 aliphatic heterocycles. The third-order valence-electron chi connectivity index (χ3n) is 5.25. The minimum absolute atomic E-state index is 0.140. The number of hydrogen-bond donors (Lipinski definition) is 1. The van der Waals surface area contributed by atoms with Crippen LogP contribution >= 0.6 is 0 Å². The first-order valence-electron chi connectivity index (χ1n) is 10.6. The largest absolute Gasteiger partial charge is 0.372 e. The number of hydrogen-bond acceptors (Lipinski definition) is 3. The topological polar surface area (TPSA) is 57.2 Å². The summed E-state index contributed by atoms with van der Waals surface area (Å²) in [7, 11) is 0. The maximum absolute atomic E-state index is 11.6. The quantitative estimate of drug-likeness (QED) is 0.565. The van der Waals surface area contributed by atoms with Gasteiger partial charge in [-0.2, -0.15) is 0 Å². The van der Waals surface area contributed by atoms with Gasteiger partial charge in [-0.25, -0.2) is 4.99 Å². The van der Waals surface area contributed by atoms with Gasteiger partial charge in [0.1, 0.15) is 0 Å². The lowest BCUT2D eigenvalue weighted by molar-refractivity contribution is -0.130. The van der Waals surface area contributed by atoms with Crippen LogP contribution in [0.1, 0.15) is 30.5 Å². The first kappa shape index (κ1) is 21.8. The summed E-state index contributed by atoms with van der Waals surface area (Å²) in [5.74, 6) is 1.04. The van der Waals surface area contributed by atoms with Crippen LogP contribution in [0.4, 0.5) is 0 Å². The highest BCUT2D eigenvalue weighted by molar-refractivity contribution is 5.80. The van der Waals surface area contributed by atoms with E-state index < -0.39 is 0 Å². The van der Waals surface area contributed by atoms with Gasteiger partial charge < -0.3 is 19.9 Å². The molecular weight excluding hydrogens is 376 g/mol. The third-order valence-corrected chi connectivity index (χ3v) is 5.25. The molecule has 0 spiro atoms. The number of piperazine rings is 1. The monoisotopic (exact) mass is 408 g/mol. The Labute approximate surface area is 179 Å². The van der Waals surface area contributed by atoms with Crippen molar-refractivity contribution < 1.29 is 9.53 Å². The van der Waals surface area contributed by atoms with Crippen LogP contribution in [0.5, 0.6) is 0 Å². The van der Waals surface area contributed by atoms with Crippen LogP contribution in [0.3, 0.4) is 0 Å². The summed E-state index contributed by atoms with van der Waals surface area (Å²) in [6.45, 7) is 9.36. The zero-order valence-corrected chi connectivity index (χ0v) is 18.0. The number of aliphatic imine (C=N–C) groups is 1. The summed E-state index contributed by atoms with van der Waals surface area (Å²) < 4.78 is 5.94. The number of rotatable bonds is 7. The first-order chi connectivity index (χ1) is 14.7. The van der Waals surface area contributed by atoms with E-state index in [2.05, 4.69) is 41.4 Å². The first-order valence-corrected chi connectivity index (χ1v) is 10.6. The molecule has 0 saturated carbocycles. The van der Waals surface area contributed by atoms with Gasteiger partial charge in [0.25, 0.3) is 0 Å². The fourth-order valence-electron chi connectivity index (χ4n) is 3.52. The van der Waals surface area contributed by atoms with Gasteiger partial charge in [0.2, 0.25) is 5.91 Å². The lowest BCUT2D eigenvalue weighted by Crippen LogP contribution is -2.53. The van der Waals surface area contributed by atoms with Crippen molar-refractivity contribution in [1.82, 2.24) is 15.1 Å². The fraction of sp³-hybridized carbons (Fsp3) is 0.417. The van der Waals surface area contributed by atoms with Crippen LogP contribution in [-0.4, -0.2) is 54.4 Å². The molecule has 6 nitrogen and oxygen atoms in total. The van der Waals surface area contributed by atoms with Gasteiger partial charge in [0.15, 0.2) is 5.96 Å². The van der Waals surface area contributed by atoms with E-state index >= 15 is 0 Å². The number of nitrogens with zero attached hydrogens (tertiary/aromatic N) is 3. The predicted molar refractivity (Wildman–Crippen MR) is 120 cm³/mol. The standard InChI is InChI=1S/C24H32N4O2/c1-3-25-24(28-15-13-27(14-16-28)20(2)29)26-17-22-11-7-8-12-23(22)19-30-18-21-9-5-4-6-10-21/h4-12H,3,13-19H2,1-2H3,(H,25,26). The van der Waals surface area contributed by atoms with Crippen molar-refractivity contribution in [1.29, 1.82) is 0 Å². The van der Waals surface area contributed by atoms with Gasteiger partial charge in [-0.05, 0) is 23.6 Å². The number of benzene rings is 2. The maximum atomic E-state index is 11.6. The molecule has 2 aromatic rings. The minimum Gasteiger partial charge on any atom is -0.372 e. The molecule has 1 N–H and O–H groups in total. The van der Waals surface area contributed by atoms with Gasteiger partial charge in [0.05, 0.1) is 19.8 Å². The summed E-state index contributed by atoms with van der Waals surface area (Å²) in [6.07, 6.45) is 0. The Hall–Kier alpha value is -2.86. The molecule has 0 aromatic heterocycles. The molecule has 6 heteroatoms. The molecule has 1 fully saturated rings. The molecule has 0 bridgehead atoms. The zero-order valence-electron chi connectivity index (χ0n) is 18.0. The summed E-state index contributed by atoms with van der Waals surface area (Å²) in [5.41, 5.74) is 3.50. The molecule has 0 atom stereocenters. The molecule has 1 saturated heterocycles. The lowest BCUT2D eigenvalue weighted by Gasteiger charge is -2.36. The Morgan fingerprint density at radius 2 is 1.57 bits per heavy atom. The van der Waals surface area contributed by atoms with Crippen molar-refractivity contribution in [2.75, 3.05) is 32.7 Å². The highest BCUT2D eigenvalue weighted by Crippen LogP contribution is 2.14. The van der Waals surface area contributed by atoms with Crippen LogP contribution in [0, 0.1) is 0 Å². The Morgan fingerprint density at radius 3 is 2.23 bits per heavy atom. The molecule has 1 amide bonds. The predicted octanol–water partition coefficient (Wildman–Crippen LogP) is 3.03. The Kier molecular flexibility index (Phi) is 8.27. The zero-order chi connectivity index (χ0) is 21.2. The molecule has 0 unspecified atom stereocenters. The summed E-state index contributed by atoms with van der Waals surface area (Å²) in [4.78, 5) is 20.6. The normalized spacial score (nSPS) is 14.7. The van der Waals surface area contributed by atoms with Gasteiger partial charge in [0, 0.05) is 39.6 Å². The average molecular weight is 409 g/mol. The minimum atomic E-state index is 0.140. The molecule has 30 heavy (non-hydrogen) atoms. The van der Waals surface area contributed by atoms with Crippen LogP contribution in [0.2, 0.25) is 0 Å². The second-order valence-corrected chi connectivity index (χ2v) is 7.41. The van der Waals surface area contributed by atoms with Crippen LogP contribution in [0.15, 0.2) is 59.6 Å². The van der Waals surface area contributed by atoms with Crippen molar-refractivity contribution in [2.24, 2.45) is 4.99 Å². The summed E-state index contributed by atoms with van der Waals surface area (Å²) >= 11 is 0. The molecule has 2 aromatic carbocycles. The van der Waals surface area contributed by atoms with E-state index in [1.807, 2.05) is 35.2 Å². The molecule has 0 aliphatic carbocycles. The van der Waals surface area contributed by atoms with Gasteiger partial charge in [-0.15, -0.1) is 0 Å². The third kappa shape index (κ3) is 6.32. The molecule has 1 heterocycles. The van der Waals surface area contributed by atoms with Gasteiger partial charge in [-0.1, -0.05) is 54.6 Å². The molecule has 3 rings (SSSR count).